The molecular weight excluding hydrogens is 2160 g/mol. The van der Waals surface area contributed by atoms with Crippen LogP contribution in [0.3, 0.4) is 0 Å². The van der Waals surface area contributed by atoms with Crippen molar-refractivity contribution in [3.63, 3.8) is 0 Å². The van der Waals surface area contributed by atoms with E-state index in [-0.39, 0.29) is 186 Å². The highest BCUT2D eigenvalue weighted by Crippen LogP contribution is 2.24. The van der Waals surface area contributed by atoms with Gasteiger partial charge in [-0.25, -0.2) is 0 Å². The number of aromatic nitrogens is 2. The Labute approximate surface area is 877 Å². The maximum atomic E-state index is 11.3. The molecule has 0 aliphatic carbocycles. The fourth-order valence-corrected chi connectivity index (χ4v) is 17.3. The van der Waals surface area contributed by atoms with Crippen molar-refractivity contribution >= 4 is 149 Å². The van der Waals surface area contributed by atoms with Gasteiger partial charge in [-0.2, -0.15) is 75.8 Å². The number of carboxylic acid groups (broad SMARTS) is 6. The number of hydrogen-bond acceptors (Lipinski definition) is 36. The van der Waals surface area contributed by atoms with Crippen LogP contribution in [0.15, 0.2) is 60.9 Å². The Morgan fingerprint density at radius 1 is 0.289 bits per heavy atom. The number of carbonyl (C=O) groups is 6. The van der Waals surface area contributed by atoms with Gasteiger partial charge in [-0.3, -0.25) is 69.7 Å². The number of rotatable bonds is 64. The monoisotopic (exact) mass is 2330 g/mol. The molecule has 0 spiro atoms. The number of aromatic amines is 2. The number of aliphatic hydroxyl groups is 3. The van der Waals surface area contributed by atoms with E-state index >= 15 is 0 Å². The minimum Gasteiger partial charge on any atom is -0.480 e. The highest BCUT2D eigenvalue weighted by Gasteiger charge is 2.33. The summed E-state index contributed by atoms with van der Waals surface area (Å²) in [5.41, 5.74) is 2.65. The van der Waals surface area contributed by atoms with Crippen molar-refractivity contribution in [1.29, 1.82) is 0 Å². The Kier molecular flexibility index (Phi) is 76.5. The largest absolute Gasteiger partial charge is 0.480 e. The highest BCUT2D eigenvalue weighted by atomic mass is 32.3. The SMILES string of the molecule is CC(C)(C)[C@@H](CO)NCCCS(=O)(=O)O.CC(C)(C)[C@@H](NCCCS(=O)(=O)O)C(=O)O.CC(C)(C)[C@H](NCCCS(=O)(=O)O)C(=O)O.CC(C)[C@@H](CO)NCCCS(=O)(=O)O.CC(C)[C@H](CO)NCCCS(=O)(=O)O.CCC[C@@H](NCCCS(=O)(=O)O)C(=O)O.CCC[C@H](NCCCS(=O)(=O)O)C(=O)O.O=C(O)[C@@H](Cc1c[nH]c2ccccc12)NCCCS(=O)(=O)O.O=C(O)[C@H](Cc1c[nH]c2ccccc12)NCCCS(=O)(=O)O. The molecule has 0 unspecified atom stereocenters. The first kappa shape index (κ1) is 150. The van der Waals surface area contributed by atoms with Crippen LogP contribution in [0, 0.1) is 28.1 Å². The van der Waals surface area contributed by atoms with Gasteiger partial charge in [0.05, 0.1) is 71.6 Å². The molecule has 29 N–H and O–H groups in total. The molecule has 0 fully saturated rings. The molecule has 876 valence electrons. The summed E-state index contributed by atoms with van der Waals surface area (Å²) in [5.74, 6) is -8.17. The number of hydrogen-bond donors (Lipinski definition) is 29. The fraction of sp³-hybridized carbons (Fsp3) is 0.747. The zero-order chi connectivity index (χ0) is 117. The molecule has 0 bridgehead atoms. The van der Waals surface area contributed by atoms with Crippen LogP contribution in [0.5, 0.6) is 0 Å². The summed E-state index contributed by atoms with van der Waals surface area (Å²) in [6, 6.07) is 10.7. The summed E-state index contributed by atoms with van der Waals surface area (Å²) in [6.45, 7) is 31.1. The lowest BCUT2D eigenvalue weighted by atomic mass is 9.87. The summed E-state index contributed by atoms with van der Waals surface area (Å²) in [7, 11) is -35.4. The Bertz CT molecular complexity index is 5260. The van der Waals surface area contributed by atoms with Gasteiger partial charge in [0.2, 0.25) is 0 Å². The Balaban J connectivity index is -0.000000525. The maximum absolute atomic E-state index is 11.3. The van der Waals surface area contributed by atoms with Crippen LogP contribution in [0.4, 0.5) is 0 Å². The normalized spacial score (nSPS) is 14.2. The highest BCUT2D eigenvalue weighted by molar-refractivity contribution is 7.87. The average molecular weight is 2330 g/mol. The Hall–Kier alpha value is -6.95. The molecule has 2 aromatic heterocycles. The molecule has 0 aliphatic rings. The van der Waals surface area contributed by atoms with Crippen LogP contribution in [0.25, 0.3) is 21.8 Å². The van der Waals surface area contributed by atoms with Crippen LogP contribution in [0.2, 0.25) is 0 Å². The standard InChI is InChI=1S/2C14H18N2O5S.2C9H19NO5S.C9H21NO4S.2C8H17NO5S.2C8H19NO4S/c2*17-14(18)13(15-6-3-7-22(19,20)21)8-10-9-16-12-5-2-1-4-11(10)12;2*1-9(2,3)7(8(11)12)10-5-4-6-16(13,14)15;1-9(2,3)8(7-11)10-5-4-6-15(12,13)14;2*1-2-4-7(8(10)11)9-5-3-6-15(12,13)14;2*1-7(2)8(6-10)9-4-3-5-14(11,12)13/h2*1-2,4-5,9,13,15-16H,3,6-8H2,(H,17,18)(H,19,20,21);2*7,10H,4-6H2,1-3H3,(H,11,12)(H,13,14,15);8,10-11H,4-7H2,1-3H3,(H,12,13,14);2*7,9H,2-6H2,1H3,(H,10,11)(H,12,13,14);2*7-10H,3-6H2,1-2H3,(H,11,12,13)/t2*13-;2*7-;8-;2*7-;2*8-/m101011010/s1. The summed E-state index contributed by atoms with van der Waals surface area (Å²) >= 11 is 0. The molecule has 4 aromatic rings. The van der Waals surface area contributed by atoms with Crippen LogP contribution >= 0.6 is 0 Å². The second-order valence-electron chi connectivity index (χ2n) is 38.1. The number of nitrogens with one attached hydrogen (secondary N) is 11. The predicted octanol–water partition coefficient (Wildman–Crippen LogP) is 2.99. The summed E-state index contributed by atoms with van der Waals surface area (Å²) in [5, 5.41) is 108. The van der Waals surface area contributed by atoms with E-state index in [0.717, 1.165) is 45.8 Å². The maximum Gasteiger partial charge on any atom is 0.321 e. The molecule has 62 heteroatoms. The van der Waals surface area contributed by atoms with E-state index in [1.54, 1.807) is 53.9 Å². The van der Waals surface area contributed by atoms with E-state index in [1.165, 1.54) is 0 Å². The number of H-pyrrole nitrogens is 2. The second kappa shape index (κ2) is 75.8. The molecule has 0 aliphatic heterocycles. The van der Waals surface area contributed by atoms with E-state index in [9.17, 15) is 115 Å². The third-order valence-corrected chi connectivity index (χ3v) is 27.9. The molecule has 53 nitrogen and oxygen atoms in total. The van der Waals surface area contributed by atoms with E-state index in [2.05, 4.69) is 57.8 Å². The van der Waals surface area contributed by atoms with Gasteiger partial charge >= 0.3 is 35.8 Å². The van der Waals surface area contributed by atoms with Gasteiger partial charge in [0.25, 0.3) is 91.1 Å². The van der Waals surface area contributed by atoms with Gasteiger partial charge < -0.3 is 104 Å². The van der Waals surface area contributed by atoms with Gasteiger partial charge in [0.15, 0.2) is 0 Å². The van der Waals surface area contributed by atoms with Crippen molar-refractivity contribution in [3.8, 4) is 0 Å². The molecule has 149 heavy (non-hydrogen) atoms. The lowest BCUT2D eigenvalue weighted by molar-refractivity contribution is -0.143. The minimum atomic E-state index is -4.01. The molecule has 0 radical (unpaired) electrons. The van der Waals surface area contributed by atoms with Crippen LogP contribution in [-0.4, -0.2) is 393 Å². The van der Waals surface area contributed by atoms with E-state index in [1.807, 2.05) is 111 Å². The third kappa shape index (κ3) is 89.0. The summed E-state index contributed by atoms with van der Waals surface area (Å²) < 4.78 is 264. The molecule has 0 amide bonds. The molecular formula is C87H167N11O42S9. The zero-order valence-electron chi connectivity index (χ0n) is 87.1. The molecule has 0 saturated heterocycles. The smallest absolute Gasteiger partial charge is 0.321 e. The average Bonchev–Trinajstić information content (AvgIpc) is 1.65. The quantitative estimate of drug-likeness (QED) is 0.0223. The van der Waals surface area contributed by atoms with Crippen LogP contribution in [-0.2, 0) is 133 Å². The summed E-state index contributed by atoms with van der Waals surface area (Å²) in [6.07, 6.45) is 8.70. The molecule has 2 aromatic carbocycles. The number of benzene rings is 2. The number of carboxylic acids is 6. The number of para-hydroxylation sites is 2. The van der Waals surface area contributed by atoms with Gasteiger partial charge in [0, 0.05) is 65.2 Å². The third-order valence-electron chi connectivity index (χ3n) is 20.7. The number of aliphatic carboxylic acids is 6. The van der Waals surface area contributed by atoms with E-state index in [0.29, 0.717) is 63.6 Å². The Morgan fingerprint density at radius 3 is 0.678 bits per heavy atom. The predicted molar refractivity (Wildman–Crippen MR) is 564 cm³/mol. The summed E-state index contributed by atoms with van der Waals surface area (Å²) in [4.78, 5) is 71.9. The van der Waals surface area contributed by atoms with Crippen LogP contribution in [0.1, 0.15) is 198 Å². The first-order chi connectivity index (χ1) is 67.9. The molecule has 4 rings (SSSR count). The lowest BCUT2D eigenvalue weighted by Gasteiger charge is -2.29. The van der Waals surface area contributed by atoms with Crippen LogP contribution < -0.4 is 47.9 Å². The first-order valence-corrected chi connectivity index (χ1v) is 61.9. The Morgan fingerprint density at radius 2 is 0.497 bits per heavy atom. The van der Waals surface area contributed by atoms with Gasteiger partial charge in [0.1, 0.15) is 36.3 Å². The van der Waals surface area contributed by atoms with Gasteiger partial charge in [-0.15, -0.1) is 0 Å². The fourth-order valence-electron chi connectivity index (χ4n) is 12.7. The lowest BCUT2D eigenvalue weighted by Crippen LogP contribution is -2.47. The van der Waals surface area contributed by atoms with Crippen molar-refractivity contribution in [2.24, 2.45) is 28.1 Å². The van der Waals surface area contributed by atoms with Crippen molar-refractivity contribution in [1.82, 2.24) is 57.8 Å². The van der Waals surface area contributed by atoms with Gasteiger partial charge in [-0.1, -0.05) is 153 Å². The second-order valence-corrected chi connectivity index (χ2v) is 52.2. The van der Waals surface area contributed by atoms with Crippen molar-refractivity contribution < 1.29 is 191 Å². The van der Waals surface area contributed by atoms with E-state index < -0.39 is 174 Å². The minimum absolute atomic E-state index is 0.00930. The molecule has 0 saturated carbocycles. The molecule has 2 heterocycles. The van der Waals surface area contributed by atoms with Gasteiger partial charge in [-0.05, 0) is 181 Å². The zero-order valence-corrected chi connectivity index (χ0v) is 94.5. The first-order valence-electron chi connectivity index (χ1n) is 47.4. The molecule has 9 atom stereocenters. The topological polar surface area (TPSA) is 914 Å². The number of aliphatic hydroxyl groups excluding tert-OH is 3. The van der Waals surface area contributed by atoms with Crippen molar-refractivity contribution in [2.45, 2.75) is 255 Å². The van der Waals surface area contributed by atoms with Crippen molar-refractivity contribution in [2.75, 3.05) is 130 Å². The van der Waals surface area contributed by atoms with Crippen molar-refractivity contribution in [3.05, 3.63) is 72.1 Å². The van der Waals surface area contributed by atoms with E-state index in [4.69, 9.17) is 76.7 Å². The number of fused-ring (bicyclic) bond motifs is 2.